The first kappa shape index (κ1) is 29.2. The summed E-state index contributed by atoms with van der Waals surface area (Å²) in [5, 5.41) is 9.81. The molecule has 33 heavy (non-hydrogen) atoms. The molecule has 0 spiro atoms. The maximum absolute atomic E-state index is 12.7. The van der Waals surface area contributed by atoms with Crippen LogP contribution in [0.3, 0.4) is 0 Å². The summed E-state index contributed by atoms with van der Waals surface area (Å²) >= 11 is 0. The van der Waals surface area contributed by atoms with Gasteiger partial charge in [-0.05, 0) is 42.7 Å². The molecule has 1 aromatic rings. The number of carboxylic acids is 1. The highest BCUT2D eigenvalue weighted by molar-refractivity contribution is 6.03. The molecule has 0 aromatic heterocycles. The van der Waals surface area contributed by atoms with Crippen molar-refractivity contribution in [3.05, 3.63) is 34.9 Å². The largest absolute Gasteiger partial charge is 0.478 e. The predicted molar refractivity (Wildman–Crippen MR) is 137 cm³/mol. The first-order valence-electron chi connectivity index (χ1n) is 13.4. The Morgan fingerprint density at radius 3 is 2.09 bits per heavy atom. The van der Waals surface area contributed by atoms with Crippen LogP contribution in [0.4, 0.5) is 0 Å². The van der Waals surface area contributed by atoms with Gasteiger partial charge in [-0.1, -0.05) is 110 Å². The second-order valence-electron chi connectivity index (χ2n) is 9.92. The lowest BCUT2D eigenvalue weighted by atomic mass is 9.96. The number of rotatable bonds is 19. The summed E-state index contributed by atoms with van der Waals surface area (Å²) in [4.78, 5) is 24.7. The van der Waals surface area contributed by atoms with Gasteiger partial charge in [0, 0.05) is 0 Å². The van der Waals surface area contributed by atoms with Crippen LogP contribution in [0.25, 0.3) is 0 Å². The lowest BCUT2D eigenvalue weighted by Gasteiger charge is -2.16. The number of aryl methyl sites for hydroxylation is 1. The third-order valence-electron chi connectivity index (χ3n) is 6.56. The number of benzene rings is 1. The second-order valence-corrected chi connectivity index (χ2v) is 9.92. The average molecular weight is 461 g/mol. The smallest absolute Gasteiger partial charge is 0.339 e. The molecule has 0 aliphatic heterocycles. The van der Waals surface area contributed by atoms with Gasteiger partial charge in [0.1, 0.15) is 0 Å². The number of aromatic carboxylic acids is 1. The molecule has 0 aliphatic carbocycles. The molecule has 0 amide bonds. The van der Waals surface area contributed by atoms with Crippen molar-refractivity contribution in [2.24, 2.45) is 11.8 Å². The summed E-state index contributed by atoms with van der Waals surface area (Å²) in [6.07, 6.45) is 16.0. The van der Waals surface area contributed by atoms with Crippen molar-refractivity contribution in [3.8, 4) is 0 Å². The third-order valence-corrected chi connectivity index (χ3v) is 6.56. The lowest BCUT2D eigenvalue weighted by molar-refractivity contribution is 0.0420. The second kappa shape index (κ2) is 17.6. The highest BCUT2D eigenvalue weighted by atomic mass is 16.5. The van der Waals surface area contributed by atoms with Crippen LogP contribution in [-0.2, 0) is 11.2 Å². The quantitative estimate of drug-likeness (QED) is 0.166. The molecule has 1 aromatic carbocycles. The van der Waals surface area contributed by atoms with Gasteiger partial charge in [0.2, 0.25) is 0 Å². The molecule has 4 nitrogen and oxygen atoms in total. The molecule has 1 rings (SSSR count). The highest BCUT2D eigenvalue weighted by Gasteiger charge is 2.22. The molecule has 0 fully saturated rings. The zero-order valence-electron chi connectivity index (χ0n) is 21.7. The molecule has 0 aliphatic rings. The maximum atomic E-state index is 12.7. The van der Waals surface area contributed by atoms with Crippen molar-refractivity contribution >= 4 is 11.9 Å². The Labute approximate surface area is 202 Å². The molecule has 0 bridgehead atoms. The van der Waals surface area contributed by atoms with E-state index in [1.807, 2.05) is 6.07 Å². The summed E-state index contributed by atoms with van der Waals surface area (Å²) in [7, 11) is 0. The van der Waals surface area contributed by atoms with Crippen molar-refractivity contribution < 1.29 is 19.4 Å². The molecular weight excluding hydrogens is 412 g/mol. The zero-order valence-corrected chi connectivity index (χ0v) is 21.7. The van der Waals surface area contributed by atoms with Crippen LogP contribution in [0.2, 0.25) is 0 Å². The van der Waals surface area contributed by atoms with Gasteiger partial charge in [-0.3, -0.25) is 0 Å². The van der Waals surface area contributed by atoms with Crippen LogP contribution in [0.15, 0.2) is 18.2 Å². The molecule has 1 N–H and O–H groups in total. The average Bonchev–Trinajstić information content (AvgIpc) is 2.79. The van der Waals surface area contributed by atoms with Gasteiger partial charge in [-0.25, -0.2) is 9.59 Å². The third kappa shape index (κ3) is 12.3. The molecule has 0 saturated carbocycles. The van der Waals surface area contributed by atoms with E-state index in [0.717, 1.165) is 50.0 Å². The Morgan fingerprint density at radius 1 is 0.879 bits per heavy atom. The number of hydrogen-bond donors (Lipinski definition) is 1. The maximum Gasteiger partial charge on any atom is 0.339 e. The van der Waals surface area contributed by atoms with Crippen LogP contribution in [0.5, 0.6) is 0 Å². The normalized spacial score (nSPS) is 12.2. The fourth-order valence-electron chi connectivity index (χ4n) is 4.33. The van der Waals surface area contributed by atoms with Crippen LogP contribution >= 0.6 is 0 Å². The summed E-state index contributed by atoms with van der Waals surface area (Å²) in [6, 6.07) is 5.20. The van der Waals surface area contributed by atoms with E-state index < -0.39 is 11.9 Å². The van der Waals surface area contributed by atoms with Gasteiger partial charge in [0.25, 0.3) is 0 Å². The van der Waals surface area contributed by atoms with Gasteiger partial charge in [-0.2, -0.15) is 0 Å². The van der Waals surface area contributed by atoms with Gasteiger partial charge in [0.15, 0.2) is 0 Å². The summed E-state index contributed by atoms with van der Waals surface area (Å²) < 4.78 is 5.53. The van der Waals surface area contributed by atoms with E-state index in [0.29, 0.717) is 18.9 Å². The minimum Gasteiger partial charge on any atom is -0.478 e. The van der Waals surface area contributed by atoms with E-state index in [4.69, 9.17) is 4.74 Å². The van der Waals surface area contributed by atoms with Crippen LogP contribution in [0.1, 0.15) is 137 Å². The van der Waals surface area contributed by atoms with Gasteiger partial charge in [-0.15, -0.1) is 0 Å². The molecule has 1 unspecified atom stereocenters. The highest BCUT2D eigenvalue weighted by Crippen LogP contribution is 2.21. The molecule has 188 valence electrons. The number of carboxylic acid groups (broad SMARTS) is 1. The fourth-order valence-corrected chi connectivity index (χ4v) is 4.33. The SMILES string of the molecule is CCCCC(CC)COC(=O)c1cccc(CCCCCCCCCCC(C)C)c1C(=O)O. The van der Waals surface area contributed by atoms with Crippen LogP contribution < -0.4 is 0 Å². The number of ether oxygens (including phenoxy) is 1. The minimum atomic E-state index is -1.04. The predicted octanol–water partition coefficient (Wildman–Crippen LogP) is 8.47. The Balaban J connectivity index is 2.50. The van der Waals surface area contributed by atoms with Gasteiger partial charge < -0.3 is 9.84 Å². The first-order chi connectivity index (χ1) is 15.9. The minimum absolute atomic E-state index is 0.120. The lowest BCUT2D eigenvalue weighted by Crippen LogP contribution is -2.18. The number of carbonyl (C=O) groups excluding carboxylic acids is 1. The van der Waals surface area contributed by atoms with Crippen LogP contribution in [0, 0.1) is 11.8 Å². The first-order valence-corrected chi connectivity index (χ1v) is 13.4. The number of unbranched alkanes of at least 4 members (excludes halogenated alkanes) is 8. The van der Waals surface area contributed by atoms with E-state index in [2.05, 4.69) is 27.7 Å². The molecular formula is C29H48O4. The van der Waals surface area contributed by atoms with E-state index in [1.54, 1.807) is 12.1 Å². The number of carbonyl (C=O) groups is 2. The fraction of sp³-hybridized carbons (Fsp3) is 0.724. The number of hydrogen-bond acceptors (Lipinski definition) is 3. The van der Waals surface area contributed by atoms with Crippen molar-refractivity contribution in [1.82, 2.24) is 0 Å². The Kier molecular flexibility index (Phi) is 15.6. The molecule has 4 heteroatoms. The standard InChI is InChI=1S/C29H48O4/c1-5-7-18-24(6-2)22-33-29(32)26-21-16-20-25(27(26)28(30)31)19-15-13-11-9-8-10-12-14-17-23(3)4/h16,20-21,23-24H,5-15,17-19,22H2,1-4H3,(H,30,31). The van der Waals surface area contributed by atoms with E-state index in [1.165, 1.54) is 44.9 Å². The van der Waals surface area contributed by atoms with Crippen molar-refractivity contribution in [1.29, 1.82) is 0 Å². The van der Waals surface area contributed by atoms with Gasteiger partial charge in [0.05, 0.1) is 17.7 Å². The Hall–Kier alpha value is -1.84. The zero-order chi connectivity index (χ0) is 24.5. The monoisotopic (exact) mass is 460 g/mol. The van der Waals surface area contributed by atoms with E-state index >= 15 is 0 Å². The summed E-state index contributed by atoms with van der Waals surface area (Å²) in [6.45, 7) is 9.17. The van der Waals surface area contributed by atoms with Crippen molar-refractivity contribution in [2.45, 2.75) is 118 Å². The Bertz CT molecular complexity index is 680. The molecule has 0 heterocycles. The van der Waals surface area contributed by atoms with Crippen LogP contribution in [-0.4, -0.2) is 23.7 Å². The van der Waals surface area contributed by atoms with E-state index in [-0.39, 0.29) is 11.1 Å². The molecule has 0 saturated heterocycles. The summed E-state index contributed by atoms with van der Waals surface area (Å²) in [5.74, 6) is -0.417. The molecule has 0 radical (unpaired) electrons. The number of esters is 1. The topological polar surface area (TPSA) is 63.6 Å². The van der Waals surface area contributed by atoms with Crippen molar-refractivity contribution in [2.75, 3.05) is 6.61 Å². The van der Waals surface area contributed by atoms with E-state index in [9.17, 15) is 14.7 Å². The van der Waals surface area contributed by atoms with Gasteiger partial charge >= 0.3 is 11.9 Å². The molecule has 1 atom stereocenters. The van der Waals surface area contributed by atoms with Crippen molar-refractivity contribution in [3.63, 3.8) is 0 Å². The Morgan fingerprint density at radius 2 is 1.52 bits per heavy atom. The summed E-state index contributed by atoms with van der Waals surface area (Å²) in [5.41, 5.74) is 1.05.